The van der Waals surface area contributed by atoms with Crippen LogP contribution < -0.4 is 5.69 Å². The first-order valence-corrected chi connectivity index (χ1v) is 6.37. The molecule has 0 aromatic carbocycles. The van der Waals surface area contributed by atoms with Crippen LogP contribution in [0.5, 0.6) is 0 Å². The average Bonchev–Trinajstić information content (AvgIpc) is 2.88. The van der Waals surface area contributed by atoms with E-state index in [0.717, 1.165) is 4.68 Å². The molecule has 0 aliphatic carbocycles. The van der Waals surface area contributed by atoms with E-state index in [0.29, 0.717) is 5.00 Å². The van der Waals surface area contributed by atoms with Gasteiger partial charge >= 0.3 is 5.69 Å². The van der Waals surface area contributed by atoms with Crippen LogP contribution in [0.2, 0.25) is 0 Å². The predicted molar refractivity (Wildman–Crippen MR) is 68.0 cm³/mol. The van der Waals surface area contributed by atoms with Crippen LogP contribution in [0.4, 0.5) is 0 Å². The van der Waals surface area contributed by atoms with E-state index in [9.17, 15) is 9.59 Å². The van der Waals surface area contributed by atoms with Gasteiger partial charge in [0.25, 0.3) is 0 Å². The Kier molecular flexibility index (Phi) is 3.16. The van der Waals surface area contributed by atoms with Gasteiger partial charge < -0.3 is 0 Å². The van der Waals surface area contributed by atoms with Crippen molar-refractivity contribution in [2.45, 2.75) is 27.3 Å². The molecule has 0 spiro atoms. The summed E-state index contributed by atoms with van der Waals surface area (Å²) in [6, 6.07) is 3.60. The predicted octanol–water partition coefficient (Wildman–Crippen LogP) is 1.11. The number of rotatable bonds is 3. The van der Waals surface area contributed by atoms with Gasteiger partial charge in [-0.1, -0.05) is 20.8 Å². The van der Waals surface area contributed by atoms with Crippen molar-refractivity contribution in [3.8, 4) is 5.00 Å². The molecule has 2 aromatic heterocycles. The largest absolute Gasteiger partial charge is 0.369 e. The number of hydrogen-bond acceptors (Lipinski definition) is 5. The average molecular weight is 266 g/mol. The topological polar surface area (TPSA) is 69.8 Å². The van der Waals surface area contributed by atoms with Gasteiger partial charge in [-0.05, 0) is 27.9 Å². The fourth-order valence-electron chi connectivity index (χ4n) is 1.28. The Balaban J connectivity index is 2.28. The van der Waals surface area contributed by atoms with Crippen molar-refractivity contribution in [3.05, 3.63) is 28.0 Å². The number of tetrazole rings is 1. The summed E-state index contributed by atoms with van der Waals surface area (Å²) in [6.45, 7) is 5.38. The molecular formula is C11H14N4O2S. The zero-order valence-corrected chi connectivity index (χ0v) is 11.3. The van der Waals surface area contributed by atoms with Crippen LogP contribution in [0.3, 0.4) is 0 Å². The maximum absolute atomic E-state index is 12.0. The van der Waals surface area contributed by atoms with E-state index < -0.39 is 11.1 Å². The van der Waals surface area contributed by atoms with Gasteiger partial charge in [0.2, 0.25) is 0 Å². The van der Waals surface area contributed by atoms with Crippen LogP contribution in [0, 0.1) is 5.41 Å². The standard InChI is InChI=1S/C11H14N4O2S/c1-11(2,3)8(16)7-14-10(17)15(13-12-14)9-5-4-6-18-9/h4-6H,7H2,1-3H3. The van der Waals surface area contributed by atoms with Crippen molar-refractivity contribution in [2.24, 2.45) is 5.41 Å². The highest BCUT2D eigenvalue weighted by Crippen LogP contribution is 2.15. The smallest absolute Gasteiger partial charge is 0.297 e. The minimum atomic E-state index is -0.494. The van der Waals surface area contributed by atoms with E-state index in [1.807, 2.05) is 32.2 Å². The second-order valence-electron chi connectivity index (χ2n) is 4.96. The summed E-state index contributed by atoms with van der Waals surface area (Å²) in [5.74, 6) is -0.0529. The van der Waals surface area contributed by atoms with Crippen molar-refractivity contribution in [2.75, 3.05) is 0 Å². The third-order valence-electron chi connectivity index (χ3n) is 2.48. The molecular weight excluding hydrogens is 252 g/mol. The van der Waals surface area contributed by atoms with Crippen molar-refractivity contribution in [3.63, 3.8) is 0 Å². The highest BCUT2D eigenvalue weighted by atomic mass is 32.1. The molecule has 18 heavy (non-hydrogen) atoms. The Morgan fingerprint density at radius 1 is 1.39 bits per heavy atom. The van der Waals surface area contributed by atoms with Crippen LogP contribution in [0.1, 0.15) is 20.8 Å². The number of ketones is 1. The molecule has 0 aliphatic rings. The van der Waals surface area contributed by atoms with E-state index in [4.69, 9.17) is 0 Å². The molecule has 0 N–H and O–H groups in total. The number of carbonyl (C=O) groups excluding carboxylic acids is 1. The Labute approximate surface area is 108 Å². The van der Waals surface area contributed by atoms with Crippen molar-refractivity contribution in [1.82, 2.24) is 19.8 Å². The van der Waals surface area contributed by atoms with Crippen LogP contribution in [-0.2, 0) is 11.3 Å². The van der Waals surface area contributed by atoms with Gasteiger partial charge in [-0.25, -0.2) is 4.79 Å². The lowest BCUT2D eigenvalue weighted by atomic mass is 9.91. The lowest BCUT2D eigenvalue weighted by Crippen LogP contribution is -2.32. The minimum absolute atomic E-state index is 0.0479. The molecule has 0 unspecified atom stereocenters. The second kappa shape index (κ2) is 4.49. The second-order valence-corrected chi connectivity index (χ2v) is 5.88. The number of hydrogen-bond donors (Lipinski definition) is 0. The first-order chi connectivity index (χ1) is 8.39. The maximum atomic E-state index is 12.0. The third-order valence-corrected chi connectivity index (χ3v) is 3.33. The van der Waals surface area contributed by atoms with E-state index in [-0.39, 0.29) is 12.3 Å². The molecule has 0 fully saturated rings. The maximum Gasteiger partial charge on any atom is 0.369 e. The third kappa shape index (κ3) is 2.40. The first kappa shape index (κ1) is 12.7. The monoisotopic (exact) mass is 266 g/mol. The summed E-state index contributed by atoms with van der Waals surface area (Å²) >= 11 is 1.39. The first-order valence-electron chi connectivity index (χ1n) is 5.49. The fraction of sp³-hybridized carbons (Fsp3) is 0.455. The van der Waals surface area contributed by atoms with Gasteiger partial charge in [0.05, 0.1) is 0 Å². The molecule has 0 bridgehead atoms. The normalized spacial score (nSPS) is 11.7. The fourth-order valence-corrected chi connectivity index (χ4v) is 1.94. The molecule has 0 saturated carbocycles. The lowest BCUT2D eigenvalue weighted by Gasteiger charge is -2.15. The number of carbonyl (C=O) groups is 1. The Morgan fingerprint density at radius 2 is 2.11 bits per heavy atom. The minimum Gasteiger partial charge on any atom is -0.297 e. The van der Waals surface area contributed by atoms with Crippen molar-refractivity contribution >= 4 is 17.1 Å². The van der Waals surface area contributed by atoms with Crippen molar-refractivity contribution in [1.29, 1.82) is 0 Å². The molecule has 96 valence electrons. The lowest BCUT2D eigenvalue weighted by molar-refractivity contribution is -0.127. The summed E-state index contributed by atoms with van der Waals surface area (Å²) in [4.78, 5) is 23.8. The number of nitrogens with zero attached hydrogens (tertiary/aromatic N) is 4. The molecule has 0 atom stereocenters. The van der Waals surface area contributed by atoms with Crippen LogP contribution in [-0.4, -0.2) is 25.6 Å². The summed E-state index contributed by atoms with van der Waals surface area (Å²) < 4.78 is 2.29. The molecule has 2 heterocycles. The number of Topliss-reactive ketones (excluding diaryl/α,β-unsaturated/α-hetero) is 1. The zero-order chi connectivity index (χ0) is 13.3. The molecule has 2 rings (SSSR count). The van der Waals surface area contributed by atoms with E-state index in [1.165, 1.54) is 16.0 Å². The molecule has 0 amide bonds. The molecule has 0 saturated heterocycles. The van der Waals surface area contributed by atoms with E-state index in [1.54, 1.807) is 6.07 Å². The summed E-state index contributed by atoms with van der Waals surface area (Å²) in [7, 11) is 0. The Bertz CT molecular complexity index is 604. The van der Waals surface area contributed by atoms with Crippen LogP contribution in [0.25, 0.3) is 5.00 Å². The molecule has 6 nitrogen and oxygen atoms in total. The van der Waals surface area contributed by atoms with Crippen LogP contribution in [0.15, 0.2) is 22.3 Å². The number of aromatic nitrogens is 4. The molecule has 7 heteroatoms. The van der Waals surface area contributed by atoms with E-state index >= 15 is 0 Å². The Morgan fingerprint density at radius 3 is 2.67 bits per heavy atom. The highest BCUT2D eigenvalue weighted by Gasteiger charge is 2.23. The summed E-state index contributed by atoms with van der Waals surface area (Å²) in [6.07, 6.45) is 0. The zero-order valence-electron chi connectivity index (χ0n) is 10.5. The van der Waals surface area contributed by atoms with Gasteiger partial charge in [-0.15, -0.1) is 11.3 Å². The van der Waals surface area contributed by atoms with Gasteiger partial charge in [0.1, 0.15) is 11.5 Å². The molecule has 0 aliphatic heterocycles. The van der Waals surface area contributed by atoms with Crippen LogP contribution >= 0.6 is 11.3 Å². The quantitative estimate of drug-likeness (QED) is 0.834. The van der Waals surface area contributed by atoms with Gasteiger partial charge in [0, 0.05) is 5.41 Å². The summed E-state index contributed by atoms with van der Waals surface area (Å²) in [5, 5.41) is 10.0. The number of thiophene rings is 1. The van der Waals surface area contributed by atoms with E-state index in [2.05, 4.69) is 10.4 Å². The van der Waals surface area contributed by atoms with Gasteiger partial charge in [-0.2, -0.15) is 9.36 Å². The van der Waals surface area contributed by atoms with Gasteiger partial charge in [-0.3, -0.25) is 4.79 Å². The highest BCUT2D eigenvalue weighted by molar-refractivity contribution is 7.12. The SMILES string of the molecule is CC(C)(C)C(=O)Cn1nnn(-c2cccs2)c1=O. The van der Waals surface area contributed by atoms with Gasteiger partial charge in [0.15, 0.2) is 5.78 Å². The molecule has 2 aromatic rings. The Hall–Kier alpha value is -1.76. The summed E-state index contributed by atoms with van der Waals surface area (Å²) in [5.41, 5.74) is -0.887. The van der Waals surface area contributed by atoms with Crippen molar-refractivity contribution < 1.29 is 4.79 Å². The molecule has 0 radical (unpaired) electrons.